The summed E-state index contributed by atoms with van der Waals surface area (Å²) >= 11 is 0. The van der Waals surface area contributed by atoms with Crippen LogP contribution in [0.3, 0.4) is 0 Å². The number of rotatable bonds is 2. The van der Waals surface area contributed by atoms with Crippen LogP contribution in [0.5, 0.6) is 0 Å². The molecule has 0 amide bonds. The van der Waals surface area contributed by atoms with Gasteiger partial charge in [0.2, 0.25) is 0 Å². The second kappa shape index (κ2) is 2.50. The zero-order valence-electron chi connectivity index (χ0n) is 4.76. The molecular formula is C5H7NO3. The summed E-state index contributed by atoms with van der Waals surface area (Å²) in [6.45, 7) is 0.461. The average Bonchev–Trinajstić information content (AvgIpc) is 2.15. The van der Waals surface area contributed by atoms with E-state index in [1.807, 2.05) is 0 Å². The minimum atomic E-state index is -0.848. The Morgan fingerprint density at radius 1 is 2.00 bits per heavy atom. The normalized spacial score (nSPS) is 16.7. The first-order valence-electron chi connectivity index (χ1n) is 2.57. The van der Waals surface area contributed by atoms with Crippen LogP contribution < -0.4 is 5.48 Å². The van der Waals surface area contributed by atoms with Gasteiger partial charge in [-0.1, -0.05) is 0 Å². The van der Waals surface area contributed by atoms with Crippen LogP contribution in [0.1, 0.15) is 6.42 Å². The highest BCUT2D eigenvalue weighted by Gasteiger charge is 2.06. The molecule has 4 heteroatoms. The van der Waals surface area contributed by atoms with Gasteiger partial charge < -0.3 is 5.11 Å². The van der Waals surface area contributed by atoms with Gasteiger partial charge in [0.05, 0.1) is 13.0 Å². The van der Waals surface area contributed by atoms with E-state index in [0.29, 0.717) is 12.3 Å². The maximum Gasteiger partial charge on any atom is 0.309 e. The lowest BCUT2D eigenvalue weighted by Gasteiger charge is -1.96. The van der Waals surface area contributed by atoms with Crippen molar-refractivity contribution in [2.75, 3.05) is 6.61 Å². The third-order valence-corrected chi connectivity index (χ3v) is 0.958. The van der Waals surface area contributed by atoms with E-state index < -0.39 is 5.97 Å². The smallest absolute Gasteiger partial charge is 0.309 e. The van der Waals surface area contributed by atoms with Gasteiger partial charge >= 0.3 is 5.97 Å². The lowest BCUT2D eigenvalue weighted by atomic mass is 10.3. The Kier molecular flexibility index (Phi) is 1.69. The fourth-order valence-corrected chi connectivity index (χ4v) is 0.589. The maximum absolute atomic E-state index is 10.0. The topological polar surface area (TPSA) is 58.6 Å². The van der Waals surface area contributed by atoms with Crippen LogP contribution in [0.25, 0.3) is 0 Å². The number of aliphatic carboxylic acids is 1. The fraction of sp³-hybridized carbons (Fsp3) is 0.400. The molecule has 0 aromatic heterocycles. The Morgan fingerprint density at radius 3 is 3.22 bits per heavy atom. The van der Waals surface area contributed by atoms with Gasteiger partial charge in [0.1, 0.15) is 0 Å². The maximum atomic E-state index is 10.0. The molecule has 4 nitrogen and oxygen atoms in total. The molecule has 1 rings (SSSR count). The highest BCUT2D eigenvalue weighted by atomic mass is 16.6. The SMILES string of the molecule is O=C(O)CC1=CCON1. The van der Waals surface area contributed by atoms with Crippen LogP contribution in [0.15, 0.2) is 11.8 Å². The summed E-state index contributed by atoms with van der Waals surface area (Å²) in [7, 11) is 0. The predicted octanol–water partition coefficient (Wildman–Crippen LogP) is -0.120. The second-order valence-corrected chi connectivity index (χ2v) is 1.71. The van der Waals surface area contributed by atoms with Crippen molar-refractivity contribution in [3.05, 3.63) is 11.8 Å². The Hall–Kier alpha value is -1.03. The molecule has 1 aliphatic rings. The summed E-state index contributed by atoms with van der Waals surface area (Å²) in [6, 6.07) is 0. The van der Waals surface area contributed by atoms with Crippen molar-refractivity contribution >= 4 is 5.97 Å². The molecule has 9 heavy (non-hydrogen) atoms. The van der Waals surface area contributed by atoms with Crippen LogP contribution in [0.2, 0.25) is 0 Å². The molecule has 50 valence electrons. The van der Waals surface area contributed by atoms with Crippen molar-refractivity contribution in [1.82, 2.24) is 5.48 Å². The van der Waals surface area contributed by atoms with Crippen LogP contribution in [0.4, 0.5) is 0 Å². The Balaban J connectivity index is 2.35. The number of carboxylic acids is 1. The second-order valence-electron chi connectivity index (χ2n) is 1.71. The molecule has 0 spiro atoms. The van der Waals surface area contributed by atoms with Crippen molar-refractivity contribution in [2.24, 2.45) is 0 Å². The van der Waals surface area contributed by atoms with E-state index in [2.05, 4.69) is 10.3 Å². The molecule has 0 atom stereocenters. The molecule has 0 bridgehead atoms. The molecule has 1 heterocycles. The quantitative estimate of drug-likeness (QED) is 0.545. The Bertz CT molecular complexity index is 152. The lowest BCUT2D eigenvalue weighted by Crippen LogP contribution is -2.09. The van der Waals surface area contributed by atoms with E-state index in [4.69, 9.17) is 5.11 Å². The molecule has 0 saturated heterocycles. The predicted molar refractivity (Wildman–Crippen MR) is 29.4 cm³/mol. The summed E-state index contributed by atoms with van der Waals surface area (Å²) in [6.07, 6.45) is 1.72. The third kappa shape index (κ3) is 1.73. The first-order valence-corrected chi connectivity index (χ1v) is 2.57. The van der Waals surface area contributed by atoms with Gasteiger partial charge in [-0.3, -0.25) is 15.1 Å². The van der Waals surface area contributed by atoms with Crippen LogP contribution >= 0.6 is 0 Å². The lowest BCUT2D eigenvalue weighted by molar-refractivity contribution is -0.136. The van der Waals surface area contributed by atoms with E-state index in [9.17, 15) is 4.79 Å². The van der Waals surface area contributed by atoms with E-state index in [-0.39, 0.29) is 6.42 Å². The summed E-state index contributed by atoms with van der Waals surface area (Å²) in [5.41, 5.74) is 3.10. The van der Waals surface area contributed by atoms with E-state index >= 15 is 0 Å². The number of carbonyl (C=O) groups is 1. The van der Waals surface area contributed by atoms with Crippen LogP contribution in [-0.4, -0.2) is 17.7 Å². The summed E-state index contributed by atoms with van der Waals surface area (Å²) < 4.78 is 0. The van der Waals surface area contributed by atoms with Gasteiger partial charge in [0.25, 0.3) is 0 Å². The van der Waals surface area contributed by atoms with Gasteiger partial charge in [-0.25, -0.2) is 0 Å². The van der Waals surface area contributed by atoms with Crippen LogP contribution in [-0.2, 0) is 9.63 Å². The van der Waals surface area contributed by atoms with E-state index in [1.165, 1.54) is 0 Å². The molecule has 0 aromatic carbocycles. The zero-order chi connectivity index (χ0) is 6.69. The largest absolute Gasteiger partial charge is 0.481 e. The first-order chi connectivity index (χ1) is 4.29. The number of carboxylic acid groups (broad SMARTS) is 1. The van der Waals surface area contributed by atoms with Crippen molar-refractivity contribution < 1.29 is 14.7 Å². The van der Waals surface area contributed by atoms with Gasteiger partial charge in [0.15, 0.2) is 0 Å². The molecule has 0 aromatic rings. The van der Waals surface area contributed by atoms with Gasteiger partial charge in [-0.2, -0.15) is 0 Å². The summed E-state index contributed by atoms with van der Waals surface area (Å²) in [4.78, 5) is 14.7. The van der Waals surface area contributed by atoms with Gasteiger partial charge in [-0.15, -0.1) is 0 Å². The van der Waals surface area contributed by atoms with Crippen LogP contribution in [0, 0.1) is 0 Å². The molecule has 0 aliphatic carbocycles. The number of hydrogen-bond donors (Lipinski definition) is 2. The molecule has 2 N–H and O–H groups in total. The summed E-state index contributed by atoms with van der Waals surface area (Å²) in [5, 5.41) is 8.24. The fourth-order valence-electron chi connectivity index (χ4n) is 0.589. The first kappa shape index (κ1) is 6.10. The Morgan fingerprint density at radius 2 is 2.78 bits per heavy atom. The van der Waals surface area contributed by atoms with E-state index in [0.717, 1.165) is 0 Å². The molecule has 0 radical (unpaired) electrons. The minimum Gasteiger partial charge on any atom is -0.481 e. The summed E-state index contributed by atoms with van der Waals surface area (Å²) in [5.74, 6) is -0.848. The monoisotopic (exact) mass is 129 g/mol. The van der Waals surface area contributed by atoms with Crippen molar-refractivity contribution in [3.63, 3.8) is 0 Å². The van der Waals surface area contributed by atoms with Crippen molar-refractivity contribution in [3.8, 4) is 0 Å². The number of hydrogen-bond acceptors (Lipinski definition) is 3. The number of nitrogens with one attached hydrogen (secondary N) is 1. The van der Waals surface area contributed by atoms with Crippen molar-refractivity contribution in [2.45, 2.75) is 6.42 Å². The van der Waals surface area contributed by atoms with Gasteiger partial charge in [0, 0.05) is 5.70 Å². The highest BCUT2D eigenvalue weighted by Crippen LogP contribution is 2.01. The Labute approximate surface area is 52.1 Å². The molecule has 0 unspecified atom stereocenters. The zero-order valence-corrected chi connectivity index (χ0v) is 4.76. The standard InChI is InChI=1S/C5H7NO3/c7-5(8)3-4-1-2-9-6-4/h1,6H,2-3H2,(H,7,8). The highest BCUT2D eigenvalue weighted by molar-refractivity contribution is 5.69. The minimum absolute atomic E-state index is 0.0139. The molecule has 1 aliphatic heterocycles. The van der Waals surface area contributed by atoms with Gasteiger partial charge in [-0.05, 0) is 6.08 Å². The van der Waals surface area contributed by atoms with Crippen molar-refractivity contribution in [1.29, 1.82) is 0 Å². The molecule has 0 saturated carbocycles. The number of hydroxylamine groups is 1. The molecular weight excluding hydrogens is 122 g/mol. The average molecular weight is 129 g/mol. The third-order valence-electron chi connectivity index (χ3n) is 0.958. The van der Waals surface area contributed by atoms with E-state index in [1.54, 1.807) is 6.08 Å². The molecule has 0 fully saturated rings.